The molecule has 1 aliphatic rings. The van der Waals surface area contributed by atoms with Crippen molar-refractivity contribution >= 4 is 17.0 Å². The first-order valence-electron chi connectivity index (χ1n) is 7.54. The lowest BCUT2D eigenvalue weighted by molar-refractivity contribution is 0.275. The Hall–Kier alpha value is -1.71. The van der Waals surface area contributed by atoms with Gasteiger partial charge < -0.3 is 15.0 Å². The lowest BCUT2D eigenvalue weighted by Gasteiger charge is -2.29. The van der Waals surface area contributed by atoms with Crippen LogP contribution in [0.1, 0.15) is 45.1 Å². The molecule has 0 bridgehead atoms. The predicted octanol–water partition coefficient (Wildman–Crippen LogP) is 3.77. The van der Waals surface area contributed by atoms with Crippen LogP contribution in [0.4, 0.5) is 5.95 Å². The molecule has 1 saturated carbocycles. The van der Waals surface area contributed by atoms with Gasteiger partial charge in [0.15, 0.2) is 0 Å². The standard InChI is InChI=1S/C16H23N3O/c1-3-11-4-6-12(7-5-11)19-15-10-13(20-2)8-9-14(15)18-16(19)17/h8-12H,3-7H2,1-2H3,(H2,17,18). The quantitative estimate of drug-likeness (QED) is 0.926. The van der Waals surface area contributed by atoms with Gasteiger partial charge in [-0.25, -0.2) is 4.98 Å². The van der Waals surface area contributed by atoms with E-state index in [4.69, 9.17) is 10.5 Å². The van der Waals surface area contributed by atoms with E-state index in [1.165, 1.54) is 32.1 Å². The third-order valence-electron chi connectivity index (χ3n) is 4.68. The number of ether oxygens (including phenoxy) is 1. The lowest BCUT2D eigenvalue weighted by atomic mass is 9.84. The highest BCUT2D eigenvalue weighted by Crippen LogP contribution is 2.37. The number of methoxy groups -OCH3 is 1. The second kappa shape index (κ2) is 5.35. The van der Waals surface area contributed by atoms with Crippen molar-refractivity contribution in [2.24, 2.45) is 5.92 Å². The third-order valence-corrected chi connectivity index (χ3v) is 4.68. The molecule has 1 aromatic heterocycles. The zero-order valence-electron chi connectivity index (χ0n) is 12.3. The maximum absolute atomic E-state index is 6.15. The molecule has 1 heterocycles. The average Bonchev–Trinajstić information content (AvgIpc) is 2.82. The lowest BCUT2D eigenvalue weighted by Crippen LogP contribution is -2.19. The second-order valence-electron chi connectivity index (χ2n) is 5.78. The smallest absolute Gasteiger partial charge is 0.201 e. The van der Waals surface area contributed by atoms with Crippen molar-refractivity contribution in [3.8, 4) is 5.75 Å². The number of hydrogen-bond donors (Lipinski definition) is 1. The van der Waals surface area contributed by atoms with E-state index >= 15 is 0 Å². The predicted molar refractivity (Wildman–Crippen MR) is 82.0 cm³/mol. The number of nitrogen functional groups attached to an aromatic ring is 1. The van der Waals surface area contributed by atoms with E-state index in [0.29, 0.717) is 12.0 Å². The van der Waals surface area contributed by atoms with Crippen molar-refractivity contribution < 1.29 is 4.74 Å². The molecular weight excluding hydrogens is 250 g/mol. The summed E-state index contributed by atoms with van der Waals surface area (Å²) < 4.78 is 7.54. The van der Waals surface area contributed by atoms with E-state index in [-0.39, 0.29) is 0 Å². The number of benzene rings is 1. The van der Waals surface area contributed by atoms with Crippen molar-refractivity contribution in [2.45, 2.75) is 45.1 Å². The maximum atomic E-state index is 6.15. The van der Waals surface area contributed by atoms with Gasteiger partial charge in [0.1, 0.15) is 5.75 Å². The molecule has 4 heteroatoms. The van der Waals surface area contributed by atoms with E-state index in [2.05, 4.69) is 16.5 Å². The summed E-state index contributed by atoms with van der Waals surface area (Å²) in [4.78, 5) is 4.49. The molecular formula is C16H23N3O. The minimum absolute atomic E-state index is 0.481. The van der Waals surface area contributed by atoms with Crippen LogP contribution in [-0.4, -0.2) is 16.7 Å². The Morgan fingerprint density at radius 3 is 2.70 bits per heavy atom. The molecule has 2 N–H and O–H groups in total. The number of nitrogens with zero attached hydrogens (tertiary/aromatic N) is 2. The monoisotopic (exact) mass is 273 g/mol. The Kier molecular flexibility index (Phi) is 3.55. The van der Waals surface area contributed by atoms with Crippen molar-refractivity contribution in [1.82, 2.24) is 9.55 Å². The molecule has 0 spiro atoms. The van der Waals surface area contributed by atoms with Crippen molar-refractivity contribution in [3.63, 3.8) is 0 Å². The van der Waals surface area contributed by atoms with Gasteiger partial charge in [0, 0.05) is 12.1 Å². The van der Waals surface area contributed by atoms with Crippen LogP contribution in [0.25, 0.3) is 11.0 Å². The highest BCUT2D eigenvalue weighted by molar-refractivity contribution is 5.80. The van der Waals surface area contributed by atoms with Crippen LogP contribution >= 0.6 is 0 Å². The molecule has 1 aliphatic carbocycles. The summed E-state index contributed by atoms with van der Waals surface area (Å²) in [5.74, 6) is 2.38. The van der Waals surface area contributed by atoms with Crippen molar-refractivity contribution in [1.29, 1.82) is 0 Å². The SMILES string of the molecule is CCC1CCC(n2c(N)nc3ccc(OC)cc32)CC1. The van der Waals surface area contributed by atoms with E-state index in [1.54, 1.807) is 7.11 Å². The summed E-state index contributed by atoms with van der Waals surface area (Å²) in [6.07, 6.45) is 6.28. The number of hydrogen-bond acceptors (Lipinski definition) is 3. The van der Waals surface area contributed by atoms with E-state index in [9.17, 15) is 0 Å². The normalized spacial score (nSPS) is 23.1. The Balaban J connectivity index is 1.96. The Labute approximate surface area is 119 Å². The van der Waals surface area contributed by atoms with Gasteiger partial charge in [0.25, 0.3) is 0 Å². The fourth-order valence-corrected chi connectivity index (χ4v) is 3.41. The highest BCUT2D eigenvalue weighted by Gasteiger charge is 2.24. The Bertz CT molecular complexity index is 597. The molecule has 0 saturated heterocycles. The maximum Gasteiger partial charge on any atom is 0.201 e. The molecule has 0 atom stereocenters. The molecule has 0 amide bonds. The number of imidazole rings is 1. The first-order chi connectivity index (χ1) is 9.72. The van der Waals surface area contributed by atoms with Crippen LogP contribution < -0.4 is 10.5 Å². The number of nitrogens with two attached hydrogens (primary N) is 1. The summed E-state index contributed by atoms with van der Waals surface area (Å²) in [5.41, 5.74) is 8.21. The molecule has 4 nitrogen and oxygen atoms in total. The summed E-state index contributed by atoms with van der Waals surface area (Å²) in [6, 6.07) is 6.45. The van der Waals surface area contributed by atoms with Crippen molar-refractivity contribution in [3.05, 3.63) is 18.2 Å². The van der Waals surface area contributed by atoms with Gasteiger partial charge in [-0.05, 0) is 43.7 Å². The van der Waals surface area contributed by atoms with Gasteiger partial charge in [-0.15, -0.1) is 0 Å². The number of rotatable bonds is 3. The van der Waals surface area contributed by atoms with Crippen LogP contribution in [0.3, 0.4) is 0 Å². The largest absolute Gasteiger partial charge is 0.497 e. The van der Waals surface area contributed by atoms with Gasteiger partial charge in [-0.3, -0.25) is 0 Å². The minimum atomic E-state index is 0.481. The highest BCUT2D eigenvalue weighted by atomic mass is 16.5. The van der Waals surface area contributed by atoms with Crippen LogP contribution in [0.2, 0.25) is 0 Å². The van der Waals surface area contributed by atoms with Gasteiger partial charge in [0.2, 0.25) is 5.95 Å². The Morgan fingerprint density at radius 2 is 2.05 bits per heavy atom. The van der Waals surface area contributed by atoms with E-state index < -0.39 is 0 Å². The first-order valence-corrected chi connectivity index (χ1v) is 7.54. The minimum Gasteiger partial charge on any atom is -0.497 e. The van der Waals surface area contributed by atoms with Gasteiger partial charge >= 0.3 is 0 Å². The van der Waals surface area contributed by atoms with Gasteiger partial charge in [0.05, 0.1) is 18.1 Å². The summed E-state index contributed by atoms with van der Waals surface area (Å²) >= 11 is 0. The van der Waals surface area contributed by atoms with Crippen LogP contribution in [0.5, 0.6) is 5.75 Å². The third kappa shape index (κ3) is 2.23. The van der Waals surface area contributed by atoms with Gasteiger partial charge in [-0.2, -0.15) is 0 Å². The molecule has 0 unspecified atom stereocenters. The molecule has 0 radical (unpaired) electrons. The molecule has 0 aliphatic heterocycles. The Morgan fingerprint density at radius 1 is 1.30 bits per heavy atom. The topological polar surface area (TPSA) is 53.1 Å². The van der Waals surface area contributed by atoms with Gasteiger partial charge in [-0.1, -0.05) is 13.3 Å². The van der Waals surface area contributed by atoms with E-state index in [1.807, 2.05) is 18.2 Å². The summed E-state index contributed by atoms with van der Waals surface area (Å²) in [5, 5.41) is 0. The molecule has 2 aromatic rings. The first kappa shape index (κ1) is 13.3. The molecule has 3 rings (SSSR count). The molecule has 1 aromatic carbocycles. The fourth-order valence-electron chi connectivity index (χ4n) is 3.41. The average molecular weight is 273 g/mol. The number of anilines is 1. The molecule has 20 heavy (non-hydrogen) atoms. The van der Waals surface area contributed by atoms with Crippen molar-refractivity contribution in [2.75, 3.05) is 12.8 Å². The zero-order chi connectivity index (χ0) is 14.1. The van der Waals surface area contributed by atoms with Crippen LogP contribution in [0.15, 0.2) is 18.2 Å². The fraction of sp³-hybridized carbons (Fsp3) is 0.562. The zero-order valence-corrected chi connectivity index (χ0v) is 12.3. The number of aromatic nitrogens is 2. The van der Waals surface area contributed by atoms with E-state index in [0.717, 1.165) is 22.7 Å². The second-order valence-corrected chi connectivity index (χ2v) is 5.78. The van der Waals surface area contributed by atoms with Crippen LogP contribution in [-0.2, 0) is 0 Å². The van der Waals surface area contributed by atoms with Crippen LogP contribution in [0, 0.1) is 5.92 Å². The molecule has 108 valence electrons. The molecule has 1 fully saturated rings. The summed E-state index contributed by atoms with van der Waals surface area (Å²) in [6.45, 7) is 2.29. The summed E-state index contributed by atoms with van der Waals surface area (Å²) in [7, 11) is 1.69. The number of fused-ring (bicyclic) bond motifs is 1.